The molecule has 1 aliphatic rings. The van der Waals surface area contributed by atoms with Crippen molar-refractivity contribution in [1.82, 2.24) is 14.7 Å². The average molecular weight is 245 g/mol. The maximum absolute atomic E-state index is 5.36. The fraction of sp³-hybridized carbons (Fsp3) is 0.500. The van der Waals surface area contributed by atoms with Gasteiger partial charge in [-0.1, -0.05) is 12.1 Å². The summed E-state index contributed by atoms with van der Waals surface area (Å²) in [5.41, 5.74) is 2.60. The number of benzene rings is 1. The molecule has 96 valence electrons. The van der Waals surface area contributed by atoms with Crippen LogP contribution in [-0.4, -0.2) is 47.5 Å². The van der Waals surface area contributed by atoms with Crippen molar-refractivity contribution in [2.24, 2.45) is 7.05 Å². The van der Waals surface area contributed by atoms with Gasteiger partial charge in [-0.2, -0.15) is 5.10 Å². The second-order valence-electron chi connectivity index (χ2n) is 4.87. The van der Waals surface area contributed by atoms with E-state index in [4.69, 9.17) is 4.74 Å². The van der Waals surface area contributed by atoms with E-state index in [-0.39, 0.29) is 0 Å². The predicted molar refractivity (Wildman–Crippen MR) is 71.7 cm³/mol. The van der Waals surface area contributed by atoms with E-state index in [9.17, 15) is 0 Å². The summed E-state index contributed by atoms with van der Waals surface area (Å²) in [6.45, 7) is 5.00. The van der Waals surface area contributed by atoms with Crippen LogP contribution in [-0.2, 0) is 18.2 Å². The first-order chi connectivity index (χ1) is 8.83. The Morgan fingerprint density at radius 2 is 2.11 bits per heavy atom. The highest BCUT2D eigenvalue weighted by Crippen LogP contribution is 2.15. The highest BCUT2D eigenvalue weighted by Gasteiger charge is 2.10. The first-order valence-corrected chi connectivity index (χ1v) is 6.54. The second-order valence-corrected chi connectivity index (χ2v) is 4.87. The number of fused-ring (bicyclic) bond motifs is 1. The summed E-state index contributed by atoms with van der Waals surface area (Å²) >= 11 is 0. The summed E-state index contributed by atoms with van der Waals surface area (Å²) in [6.07, 6.45) is 3.02. The van der Waals surface area contributed by atoms with Crippen molar-refractivity contribution in [3.63, 3.8) is 0 Å². The van der Waals surface area contributed by atoms with E-state index >= 15 is 0 Å². The normalized spacial score (nSPS) is 17.4. The molecule has 1 fully saturated rings. The first kappa shape index (κ1) is 11.7. The summed E-state index contributed by atoms with van der Waals surface area (Å²) in [4.78, 5) is 2.47. The van der Waals surface area contributed by atoms with Crippen molar-refractivity contribution in [3.05, 3.63) is 30.0 Å². The van der Waals surface area contributed by atoms with Gasteiger partial charge in [0.1, 0.15) is 0 Å². The predicted octanol–water partition coefficient (Wildman–Crippen LogP) is 1.45. The van der Waals surface area contributed by atoms with Gasteiger partial charge in [-0.05, 0) is 18.1 Å². The van der Waals surface area contributed by atoms with E-state index in [1.54, 1.807) is 0 Å². The fourth-order valence-electron chi connectivity index (χ4n) is 2.46. The van der Waals surface area contributed by atoms with Gasteiger partial charge < -0.3 is 4.74 Å². The number of aromatic nitrogens is 2. The zero-order valence-corrected chi connectivity index (χ0v) is 10.8. The van der Waals surface area contributed by atoms with Crippen LogP contribution in [0.2, 0.25) is 0 Å². The zero-order chi connectivity index (χ0) is 12.4. The molecule has 0 atom stereocenters. The largest absolute Gasteiger partial charge is 0.379 e. The molecule has 1 saturated heterocycles. The Kier molecular flexibility index (Phi) is 3.30. The molecule has 0 radical (unpaired) electrons. The highest BCUT2D eigenvalue weighted by atomic mass is 16.5. The SMILES string of the molecule is Cn1ncc2ccc(CCN3CCOCC3)cc21. The fourth-order valence-corrected chi connectivity index (χ4v) is 2.46. The number of aryl methyl sites for hydroxylation is 1. The number of nitrogens with zero attached hydrogens (tertiary/aromatic N) is 3. The van der Waals surface area contributed by atoms with Crippen LogP contribution >= 0.6 is 0 Å². The van der Waals surface area contributed by atoms with Gasteiger partial charge in [0.25, 0.3) is 0 Å². The molecule has 0 spiro atoms. The molecular weight excluding hydrogens is 226 g/mol. The number of ether oxygens (including phenoxy) is 1. The molecule has 4 heteroatoms. The molecule has 0 N–H and O–H groups in total. The summed E-state index contributed by atoms with van der Waals surface area (Å²) in [7, 11) is 1.99. The number of morpholine rings is 1. The van der Waals surface area contributed by atoms with E-state index < -0.39 is 0 Å². The first-order valence-electron chi connectivity index (χ1n) is 6.54. The third-order valence-electron chi connectivity index (χ3n) is 3.63. The van der Waals surface area contributed by atoms with Crippen LogP contribution in [0.5, 0.6) is 0 Å². The Morgan fingerprint density at radius 3 is 2.94 bits per heavy atom. The molecular formula is C14H19N3O. The van der Waals surface area contributed by atoms with Gasteiger partial charge in [0.2, 0.25) is 0 Å². The summed E-state index contributed by atoms with van der Waals surface area (Å²) < 4.78 is 7.30. The van der Waals surface area contributed by atoms with Gasteiger partial charge >= 0.3 is 0 Å². The topological polar surface area (TPSA) is 30.3 Å². The molecule has 2 aromatic rings. The molecule has 1 aliphatic heterocycles. The lowest BCUT2D eigenvalue weighted by molar-refractivity contribution is 0.0384. The van der Waals surface area contributed by atoms with Crippen LogP contribution in [0.3, 0.4) is 0 Å². The number of hydrogen-bond donors (Lipinski definition) is 0. The molecule has 0 unspecified atom stereocenters. The molecule has 2 heterocycles. The third kappa shape index (κ3) is 2.40. The number of hydrogen-bond acceptors (Lipinski definition) is 3. The van der Waals surface area contributed by atoms with Crippen molar-refractivity contribution in [2.75, 3.05) is 32.8 Å². The van der Waals surface area contributed by atoms with Crippen molar-refractivity contribution < 1.29 is 4.74 Å². The molecule has 1 aromatic heterocycles. The summed E-state index contributed by atoms with van der Waals surface area (Å²) in [6, 6.07) is 6.63. The molecule has 4 nitrogen and oxygen atoms in total. The Bertz CT molecular complexity index is 529. The molecule has 18 heavy (non-hydrogen) atoms. The third-order valence-corrected chi connectivity index (χ3v) is 3.63. The molecule has 0 amide bonds. The number of rotatable bonds is 3. The lowest BCUT2D eigenvalue weighted by Gasteiger charge is -2.26. The van der Waals surface area contributed by atoms with Crippen LogP contribution in [0.15, 0.2) is 24.4 Å². The monoisotopic (exact) mass is 245 g/mol. The Labute approximate surface area is 107 Å². The van der Waals surface area contributed by atoms with Gasteiger partial charge in [0, 0.05) is 32.1 Å². The molecule has 1 aromatic carbocycles. The van der Waals surface area contributed by atoms with Gasteiger partial charge in [0.15, 0.2) is 0 Å². The lowest BCUT2D eigenvalue weighted by atomic mass is 10.1. The van der Waals surface area contributed by atoms with Crippen molar-refractivity contribution >= 4 is 10.9 Å². The van der Waals surface area contributed by atoms with E-state index in [1.165, 1.54) is 16.5 Å². The second kappa shape index (κ2) is 5.08. The summed E-state index contributed by atoms with van der Waals surface area (Å²) in [5, 5.41) is 5.49. The van der Waals surface area contributed by atoms with Crippen LogP contribution in [0, 0.1) is 0 Å². The van der Waals surface area contributed by atoms with Gasteiger partial charge in [0.05, 0.1) is 24.9 Å². The smallest absolute Gasteiger partial charge is 0.0681 e. The molecule has 0 saturated carbocycles. The molecule has 0 bridgehead atoms. The zero-order valence-electron chi connectivity index (χ0n) is 10.8. The molecule has 3 rings (SSSR count). The summed E-state index contributed by atoms with van der Waals surface area (Å²) in [5.74, 6) is 0. The van der Waals surface area contributed by atoms with Gasteiger partial charge in [-0.25, -0.2) is 0 Å². The van der Waals surface area contributed by atoms with Gasteiger partial charge in [-0.3, -0.25) is 9.58 Å². The van der Waals surface area contributed by atoms with Crippen LogP contribution in [0.4, 0.5) is 0 Å². The van der Waals surface area contributed by atoms with Crippen LogP contribution in [0.1, 0.15) is 5.56 Å². The Morgan fingerprint density at radius 1 is 1.28 bits per heavy atom. The van der Waals surface area contributed by atoms with E-state index in [0.717, 1.165) is 39.3 Å². The quantitative estimate of drug-likeness (QED) is 0.820. The Balaban J connectivity index is 1.68. The minimum absolute atomic E-state index is 0.876. The van der Waals surface area contributed by atoms with Crippen molar-refractivity contribution in [3.8, 4) is 0 Å². The van der Waals surface area contributed by atoms with E-state index in [0.29, 0.717) is 0 Å². The van der Waals surface area contributed by atoms with Crippen LogP contribution < -0.4 is 0 Å². The molecule has 0 aliphatic carbocycles. The minimum Gasteiger partial charge on any atom is -0.379 e. The maximum Gasteiger partial charge on any atom is 0.0681 e. The van der Waals surface area contributed by atoms with Crippen molar-refractivity contribution in [2.45, 2.75) is 6.42 Å². The minimum atomic E-state index is 0.876. The lowest BCUT2D eigenvalue weighted by Crippen LogP contribution is -2.37. The maximum atomic E-state index is 5.36. The van der Waals surface area contributed by atoms with Crippen molar-refractivity contribution in [1.29, 1.82) is 0 Å². The van der Waals surface area contributed by atoms with Crippen LogP contribution in [0.25, 0.3) is 10.9 Å². The average Bonchev–Trinajstić information content (AvgIpc) is 2.79. The van der Waals surface area contributed by atoms with Gasteiger partial charge in [-0.15, -0.1) is 0 Å². The Hall–Kier alpha value is -1.39. The highest BCUT2D eigenvalue weighted by molar-refractivity contribution is 5.79. The standard InChI is InChI=1S/C14H19N3O/c1-16-14-10-12(2-3-13(14)11-15-16)4-5-17-6-8-18-9-7-17/h2-3,10-11H,4-9H2,1H3. The van der Waals surface area contributed by atoms with E-state index in [1.807, 2.05) is 17.9 Å². The van der Waals surface area contributed by atoms with E-state index in [2.05, 4.69) is 28.2 Å².